The van der Waals surface area contributed by atoms with E-state index in [0.717, 1.165) is 12.8 Å². The van der Waals surface area contributed by atoms with E-state index in [-0.39, 0.29) is 5.78 Å². The Morgan fingerprint density at radius 3 is 2.50 bits per heavy atom. The monoisotopic (exact) mass is 172 g/mol. The second-order valence-electron chi connectivity index (χ2n) is 3.17. The Labute approximate surface area is 73.0 Å². The number of rotatable bonds is 4. The van der Waals surface area contributed by atoms with Gasteiger partial charge in [0.05, 0.1) is 13.2 Å². The van der Waals surface area contributed by atoms with E-state index in [0.29, 0.717) is 19.6 Å². The van der Waals surface area contributed by atoms with Gasteiger partial charge >= 0.3 is 0 Å². The van der Waals surface area contributed by atoms with E-state index in [9.17, 15) is 4.79 Å². The molecule has 1 aliphatic rings. The molecular weight excluding hydrogens is 156 g/mol. The number of carbonyl (C=O) groups is 1. The maximum atomic E-state index is 11.5. The van der Waals surface area contributed by atoms with Crippen LogP contribution in [0.5, 0.6) is 0 Å². The SMILES string of the molecule is CCCCC(=O)C1(C)OCCO1. The van der Waals surface area contributed by atoms with Crippen LogP contribution in [0.3, 0.4) is 0 Å². The van der Waals surface area contributed by atoms with E-state index in [1.54, 1.807) is 6.92 Å². The van der Waals surface area contributed by atoms with Crippen LogP contribution in [0.1, 0.15) is 33.1 Å². The van der Waals surface area contributed by atoms with Gasteiger partial charge in [-0.1, -0.05) is 13.3 Å². The largest absolute Gasteiger partial charge is 0.341 e. The summed E-state index contributed by atoms with van der Waals surface area (Å²) >= 11 is 0. The third-order valence-electron chi connectivity index (χ3n) is 2.10. The topological polar surface area (TPSA) is 35.5 Å². The summed E-state index contributed by atoms with van der Waals surface area (Å²) in [5.74, 6) is -0.864. The standard InChI is InChI=1S/C9H16O3/c1-3-4-5-8(10)9(2)11-6-7-12-9/h3-7H2,1-2H3. The molecule has 0 aromatic heterocycles. The van der Waals surface area contributed by atoms with Crippen LogP contribution in [0.15, 0.2) is 0 Å². The molecule has 1 aliphatic heterocycles. The van der Waals surface area contributed by atoms with Crippen molar-refractivity contribution in [1.29, 1.82) is 0 Å². The molecule has 0 aromatic rings. The first kappa shape index (κ1) is 9.68. The van der Waals surface area contributed by atoms with Gasteiger partial charge in [-0.05, 0) is 13.3 Å². The van der Waals surface area contributed by atoms with Crippen molar-refractivity contribution < 1.29 is 14.3 Å². The van der Waals surface area contributed by atoms with Crippen LogP contribution in [0.4, 0.5) is 0 Å². The first-order chi connectivity index (χ1) is 5.69. The summed E-state index contributed by atoms with van der Waals surface area (Å²) in [5, 5.41) is 0. The zero-order chi connectivity index (χ0) is 9.03. The zero-order valence-corrected chi connectivity index (χ0v) is 7.76. The van der Waals surface area contributed by atoms with Gasteiger partial charge in [0.1, 0.15) is 0 Å². The maximum absolute atomic E-state index is 11.5. The molecule has 0 unspecified atom stereocenters. The quantitative estimate of drug-likeness (QED) is 0.644. The molecule has 1 rings (SSSR count). The van der Waals surface area contributed by atoms with E-state index in [2.05, 4.69) is 6.92 Å². The van der Waals surface area contributed by atoms with Gasteiger partial charge < -0.3 is 9.47 Å². The Kier molecular flexibility index (Phi) is 3.23. The van der Waals surface area contributed by atoms with Gasteiger partial charge in [0.15, 0.2) is 5.78 Å². The van der Waals surface area contributed by atoms with E-state index in [1.807, 2.05) is 0 Å². The number of unbranched alkanes of at least 4 members (excludes halogenated alkanes) is 1. The molecule has 0 N–H and O–H groups in total. The molecule has 0 atom stereocenters. The Balaban J connectivity index is 2.39. The number of ketones is 1. The molecule has 0 radical (unpaired) electrons. The van der Waals surface area contributed by atoms with Gasteiger partial charge in [0.2, 0.25) is 5.79 Å². The molecule has 0 spiro atoms. The number of carbonyl (C=O) groups excluding carboxylic acids is 1. The molecule has 70 valence electrons. The lowest BCUT2D eigenvalue weighted by Gasteiger charge is -2.19. The smallest absolute Gasteiger partial charge is 0.226 e. The molecule has 0 bridgehead atoms. The van der Waals surface area contributed by atoms with Crippen molar-refractivity contribution in [2.24, 2.45) is 0 Å². The molecule has 1 heterocycles. The molecule has 1 fully saturated rings. The summed E-state index contributed by atoms with van der Waals surface area (Å²) in [4.78, 5) is 11.5. The van der Waals surface area contributed by atoms with Gasteiger partial charge in [0, 0.05) is 6.42 Å². The zero-order valence-electron chi connectivity index (χ0n) is 7.76. The van der Waals surface area contributed by atoms with E-state index >= 15 is 0 Å². The number of hydrogen-bond acceptors (Lipinski definition) is 3. The molecule has 0 amide bonds. The Hall–Kier alpha value is -0.410. The second-order valence-corrected chi connectivity index (χ2v) is 3.17. The fourth-order valence-corrected chi connectivity index (χ4v) is 1.24. The van der Waals surface area contributed by atoms with Crippen molar-refractivity contribution in [2.45, 2.75) is 38.9 Å². The lowest BCUT2D eigenvalue weighted by atomic mass is 10.1. The maximum Gasteiger partial charge on any atom is 0.226 e. The lowest BCUT2D eigenvalue weighted by Crippen LogP contribution is -2.36. The lowest BCUT2D eigenvalue weighted by molar-refractivity contribution is -0.174. The Morgan fingerprint density at radius 2 is 2.00 bits per heavy atom. The molecule has 0 aromatic carbocycles. The van der Waals surface area contributed by atoms with E-state index in [1.165, 1.54) is 0 Å². The van der Waals surface area contributed by atoms with Crippen molar-refractivity contribution in [3.05, 3.63) is 0 Å². The predicted molar refractivity (Wildman–Crippen MR) is 44.8 cm³/mol. The van der Waals surface area contributed by atoms with Crippen LogP contribution in [0.25, 0.3) is 0 Å². The molecule has 0 aliphatic carbocycles. The van der Waals surface area contributed by atoms with Gasteiger partial charge in [-0.2, -0.15) is 0 Å². The summed E-state index contributed by atoms with van der Waals surface area (Å²) in [6.45, 7) is 4.84. The highest BCUT2D eigenvalue weighted by Gasteiger charge is 2.37. The van der Waals surface area contributed by atoms with Crippen LogP contribution in [0, 0.1) is 0 Å². The first-order valence-corrected chi connectivity index (χ1v) is 4.50. The fourth-order valence-electron chi connectivity index (χ4n) is 1.24. The minimum atomic E-state index is -0.935. The Bertz CT molecular complexity index is 159. The van der Waals surface area contributed by atoms with Crippen LogP contribution in [0.2, 0.25) is 0 Å². The third-order valence-corrected chi connectivity index (χ3v) is 2.10. The fraction of sp³-hybridized carbons (Fsp3) is 0.889. The number of ether oxygens (including phenoxy) is 2. The van der Waals surface area contributed by atoms with Crippen LogP contribution < -0.4 is 0 Å². The highest BCUT2D eigenvalue weighted by molar-refractivity contribution is 5.85. The van der Waals surface area contributed by atoms with Crippen molar-refractivity contribution in [1.82, 2.24) is 0 Å². The summed E-state index contributed by atoms with van der Waals surface area (Å²) < 4.78 is 10.5. The molecular formula is C9H16O3. The first-order valence-electron chi connectivity index (χ1n) is 4.50. The van der Waals surface area contributed by atoms with Gasteiger partial charge in [-0.15, -0.1) is 0 Å². The average molecular weight is 172 g/mol. The molecule has 3 heteroatoms. The van der Waals surface area contributed by atoms with Gasteiger partial charge in [-0.25, -0.2) is 0 Å². The van der Waals surface area contributed by atoms with Crippen LogP contribution in [-0.2, 0) is 14.3 Å². The minimum absolute atomic E-state index is 0.0712. The van der Waals surface area contributed by atoms with Crippen molar-refractivity contribution in [3.8, 4) is 0 Å². The third kappa shape index (κ3) is 2.05. The second kappa shape index (κ2) is 4.01. The van der Waals surface area contributed by atoms with Gasteiger partial charge in [0.25, 0.3) is 0 Å². The van der Waals surface area contributed by atoms with E-state index in [4.69, 9.17) is 9.47 Å². The van der Waals surface area contributed by atoms with Crippen molar-refractivity contribution in [3.63, 3.8) is 0 Å². The normalized spacial score (nSPS) is 21.2. The van der Waals surface area contributed by atoms with E-state index < -0.39 is 5.79 Å². The highest BCUT2D eigenvalue weighted by Crippen LogP contribution is 2.21. The van der Waals surface area contributed by atoms with Crippen molar-refractivity contribution >= 4 is 5.78 Å². The summed E-state index contributed by atoms with van der Waals surface area (Å²) in [7, 11) is 0. The van der Waals surface area contributed by atoms with Crippen molar-refractivity contribution in [2.75, 3.05) is 13.2 Å². The number of Topliss-reactive ketones (excluding diaryl/α,β-unsaturated/α-hetero) is 1. The summed E-state index contributed by atoms with van der Waals surface area (Å²) in [6, 6.07) is 0. The van der Waals surface area contributed by atoms with Crippen LogP contribution in [-0.4, -0.2) is 24.8 Å². The minimum Gasteiger partial charge on any atom is -0.341 e. The molecule has 0 saturated carbocycles. The molecule has 3 nitrogen and oxygen atoms in total. The predicted octanol–water partition coefficient (Wildman–Crippen LogP) is 1.51. The highest BCUT2D eigenvalue weighted by atomic mass is 16.7. The molecule has 1 saturated heterocycles. The van der Waals surface area contributed by atoms with Gasteiger partial charge in [-0.3, -0.25) is 4.79 Å². The molecule has 12 heavy (non-hydrogen) atoms. The average Bonchev–Trinajstić information content (AvgIpc) is 2.49. The Morgan fingerprint density at radius 1 is 1.42 bits per heavy atom. The van der Waals surface area contributed by atoms with Crippen LogP contribution >= 0.6 is 0 Å². The summed E-state index contributed by atoms with van der Waals surface area (Å²) in [6.07, 6.45) is 2.51. The summed E-state index contributed by atoms with van der Waals surface area (Å²) in [5.41, 5.74) is 0. The number of hydrogen-bond donors (Lipinski definition) is 0.